The van der Waals surface area contributed by atoms with Gasteiger partial charge < -0.3 is 37.8 Å². The number of anilines is 2. The fourth-order valence-electron chi connectivity index (χ4n) is 4.06. The molecule has 3 N–H and O–H groups in total. The zero-order valence-electron chi connectivity index (χ0n) is 16.2. The monoisotopic (exact) mass is 607 g/mol. The smallest absolute Gasteiger partial charge is 0.181 e. The first-order valence-corrected chi connectivity index (χ1v) is 10.5. The molecule has 0 saturated carbocycles. The number of piperazine rings is 2. The van der Waals surface area contributed by atoms with Gasteiger partial charge in [-0.15, -0.1) is 34.0 Å². The number of halogens is 3. The summed E-state index contributed by atoms with van der Waals surface area (Å²) in [5, 5.41) is 10.5. The van der Waals surface area contributed by atoms with Crippen LogP contribution in [-0.2, 0) is 0 Å². The quantitative estimate of drug-likeness (QED) is 0.392. The zero-order valence-corrected chi connectivity index (χ0v) is 22.1. The molecular weight excluding hydrogens is 582 g/mol. The Morgan fingerprint density at radius 3 is 2.41 bits per heavy atom. The first kappa shape index (κ1) is 24.9. The summed E-state index contributed by atoms with van der Waals surface area (Å²) in [6.45, 7) is 8.74. The Balaban J connectivity index is 0.000001000. The van der Waals surface area contributed by atoms with Crippen LogP contribution >= 0.6 is 45.7 Å². The summed E-state index contributed by atoms with van der Waals surface area (Å²) < 4.78 is 2.53. The second kappa shape index (κ2) is 11.3. The molecule has 3 heterocycles. The average Bonchev–Trinajstić information content (AvgIpc) is 2.73. The van der Waals surface area contributed by atoms with Gasteiger partial charge in [0.25, 0.3) is 0 Å². The van der Waals surface area contributed by atoms with Gasteiger partial charge in [-0.05, 0) is 24.3 Å². The lowest BCUT2D eigenvalue weighted by Crippen LogP contribution is -3.00. The molecule has 2 saturated heterocycles. The van der Waals surface area contributed by atoms with Crippen LogP contribution in [0.15, 0.2) is 45.8 Å². The molecule has 0 atom stereocenters. The molecule has 5 rings (SSSR count). The zero-order chi connectivity index (χ0) is 17.3. The van der Waals surface area contributed by atoms with Crippen molar-refractivity contribution in [2.45, 2.75) is 11.3 Å². The first-order chi connectivity index (χ1) is 12.9. The third kappa shape index (κ3) is 5.49. The van der Waals surface area contributed by atoms with E-state index in [2.05, 4.69) is 55.8 Å². The van der Waals surface area contributed by atoms with Gasteiger partial charge in [-0.1, -0.05) is 11.8 Å². The van der Waals surface area contributed by atoms with E-state index in [1.54, 1.807) is 0 Å². The van der Waals surface area contributed by atoms with E-state index in [0.29, 0.717) is 0 Å². The van der Waals surface area contributed by atoms with Gasteiger partial charge in [0.1, 0.15) is 0 Å². The number of rotatable bonds is 1. The molecule has 0 unspecified atom stereocenters. The van der Waals surface area contributed by atoms with Crippen LogP contribution in [0.25, 0.3) is 0 Å². The molecule has 0 bridgehead atoms. The maximum atomic E-state index is 3.65. The van der Waals surface area contributed by atoms with Gasteiger partial charge in [-0.25, -0.2) is 4.58 Å². The number of hydrogen-bond acceptors (Lipinski definition) is 5. The van der Waals surface area contributed by atoms with Crippen molar-refractivity contribution in [3.05, 3.63) is 41.0 Å². The lowest BCUT2D eigenvalue weighted by molar-refractivity contribution is -0.532. The molecular formula is C20H28Br3N5S. The van der Waals surface area contributed by atoms with Crippen molar-refractivity contribution in [1.29, 1.82) is 0 Å². The van der Waals surface area contributed by atoms with E-state index in [1.165, 1.54) is 32.6 Å². The molecule has 0 spiro atoms. The SMILES string of the molecule is Br.Br.C1=CC(=[N+]2CCNCC2)CC2=C1Nc1ccc(N3CCNCC3)cc1S2.[Br-]. The molecule has 1 aromatic rings. The Hall–Kier alpha value is -0.320. The van der Waals surface area contributed by atoms with Gasteiger partial charge >= 0.3 is 0 Å². The number of allylic oxidation sites excluding steroid dienone is 3. The number of hydrogen-bond donors (Lipinski definition) is 3. The summed E-state index contributed by atoms with van der Waals surface area (Å²) in [6, 6.07) is 6.87. The molecule has 1 aliphatic carbocycles. The van der Waals surface area contributed by atoms with Crippen LogP contribution in [0.1, 0.15) is 6.42 Å². The van der Waals surface area contributed by atoms with E-state index < -0.39 is 0 Å². The maximum absolute atomic E-state index is 3.65. The van der Waals surface area contributed by atoms with E-state index in [1.807, 2.05) is 11.8 Å². The van der Waals surface area contributed by atoms with Gasteiger partial charge in [0.05, 0.1) is 25.2 Å². The molecule has 9 heteroatoms. The minimum absolute atomic E-state index is 0. The van der Waals surface area contributed by atoms with Crippen molar-refractivity contribution in [2.24, 2.45) is 0 Å². The van der Waals surface area contributed by atoms with Crippen molar-refractivity contribution < 1.29 is 21.6 Å². The van der Waals surface area contributed by atoms with Crippen molar-refractivity contribution in [1.82, 2.24) is 10.6 Å². The van der Waals surface area contributed by atoms with Crippen LogP contribution in [0.2, 0.25) is 0 Å². The van der Waals surface area contributed by atoms with Gasteiger partial charge in [0.2, 0.25) is 0 Å². The molecule has 2 fully saturated rings. The van der Waals surface area contributed by atoms with Crippen LogP contribution in [0, 0.1) is 0 Å². The second-order valence-electron chi connectivity index (χ2n) is 7.22. The Bertz CT molecular complexity index is 810. The standard InChI is InChI=1S/C20H26N5S.3BrH/c1-3-17-19(13-15(1)24-9-5-21-6-10-24)26-20-14-16(2-4-18(20)23-17)25-11-7-22-8-12-25;;;/h1-4,13,21-23H,5-12,14H2;3*1H/q+1;;;/p-1. The number of benzene rings is 1. The molecule has 3 aliphatic heterocycles. The molecule has 4 aliphatic rings. The highest BCUT2D eigenvalue weighted by molar-refractivity contribution is 8.93. The number of nitrogens with zero attached hydrogens (tertiary/aromatic N) is 2. The third-order valence-corrected chi connectivity index (χ3v) is 6.73. The van der Waals surface area contributed by atoms with Crippen LogP contribution in [0.4, 0.5) is 11.4 Å². The molecule has 0 aromatic heterocycles. The van der Waals surface area contributed by atoms with E-state index in [-0.39, 0.29) is 50.9 Å². The Morgan fingerprint density at radius 1 is 0.931 bits per heavy atom. The Morgan fingerprint density at radius 2 is 1.66 bits per heavy atom. The molecule has 0 radical (unpaired) electrons. The highest BCUT2D eigenvalue weighted by Gasteiger charge is 2.26. The molecule has 1 aromatic carbocycles. The van der Waals surface area contributed by atoms with Crippen LogP contribution in [0.5, 0.6) is 0 Å². The minimum Gasteiger partial charge on any atom is -1.00 e. The third-order valence-electron chi connectivity index (χ3n) is 5.56. The van der Waals surface area contributed by atoms with Crippen molar-refractivity contribution in [3.8, 4) is 0 Å². The fraction of sp³-hybridized carbons (Fsp3) is 0.450. The van der Waals surface area contributed by atoms with Crippen LogP contribution < -0.4 is 37.8 Å². The van der Waals surface area contributed by atoms with Crippen molar-refractivity contribution in [2.75, 3.05) is 62.6 Å². The second-order valence-corrected chi connectivity index (χ2v) is 8.36. The summed E-state index contributed by atoms with van der Waals surface area (Å²) in [5.41, 5.74) is 5.32. The number of fused-ring (bicyclic) bond motifs is 1. The van der Waals surface area contributed by atoms with Crippen LogP contribution in [0.3, 0.4) is 0 Å². The van der Waals surface area contributed by atoms with E-state index in [0.717, 1.165) is 58.8 Å². The summed E-state index contributed by atoms with van der Waals surface area (Å²) in [5.74, 6) is 0. The van der Waals surface area contributed by atoms with Gasteiger partial charge in [-0.3, -0.25) is 0 Å². The highest BCUT2D eigenvalue weighted by Crippen LogP contribution is 2.44. The molecule has 29 heavy (non-hydrogen) atoms. The van der Waals surface area contributed by atoms with Crippen LogP contribution in [-0.4, -0.2) is 62.6 Å². The van der Waals surface area contributed by atoms with Gasteiger partial charge in [-0.2, -0.15) is 0 Å². The summed E-state index contributed by atoms with van der Waals surface area (Å²) in [6.07, 6.45) is 5.61. The highest BCUT2D eigenvalue weighted by atomic mass is 79.9. The molecule has 0 amide bonds. The minimum atomic E-state index is 0. The van der Waals surface area contributed by atoms with Crippen molar-refractivity contribution in [3.63, 3.8) is 0 Å². The van der Waals surface area contributed by atoms with E-state index >= 15 is 0 Å². The Kier molecular flexibility index (Phi) is 9.76. The normalized spacial score (nSPS) is 20.5. The van der Waals surface area contributed by atoms with Gasteiger partial charge in [0, 0.05) is 53.4 Å². The predicted octanol–water partition coefficient (Wildman–Crippen LogP) is 0.00180. The lowest BCUT2D eigenvalue weighted by atomic mass is 10.1. The first-order valence-electron chi connectivity index (χ1n) is 9.64. The topological polar surface area (TPSA) is 42.3 Å². The summed E-state index contributed by atoms with van der Waals surface area (Å²) in [7, 11) is 0. The fourth-order valence-corrected chi connectivity index (χ4v) is 5.18. The van der Waals surface area contributed by atoms with Crippen molar-refractivity contribution >= 4 is 62.8 Å². The molecule has 160 valence electrons. The number of thioether (sulfide) groups is 1. The average molecular weight is 610 g/mol. The molecule has 5 nitrogen and oxygen atoms in total. The Labute approximate surface area is 208 Å². The summed E-state index contributed by atoms with van der Waals surface area (Å²) in [4.78, 5) is 5.29. The summed E-state index contributed by atoms with van der Waals surface area (Å²) >= 11 is 1.95. The largest absolute Gasteiger partial charge is 1.00 e. The predicted molar refractivity (Wildman–Crippen MR) is 130 cm³/mol. The van der Waals surface area contributed by atoms with Gasteiger partial charge in [0.15, 0.2) is 18.8 Å². The maximum Gasteiger partial charge on any atom is 0.181 e. The van der Waals surface area contributed by atoms with E-state index in [9.17, 15) is 0 Å². The number of nitrogens with one attached hydrogen (secondary N) is 3. The van der Waals surface area contributed by atoms with E-state index in [4.69, 9.17) is 0 Å². The lowest BCUT2D eigenvalue weighted by Gasteiger charge is -2.31.